The molecule has 0 radical (unpaired) electrons. The third-order valence-corrected chi connectivity index (χ3v) is 5.36. The summed E-state index contributed by atoms with van der Waals surface area (Å²) in [5.41, 5.74) is 4.91. The number of amides is 1. The fraction of sp³-hybridized carbons (Fsp3) is 0.333. The second-order valence-corrected chi connectivity index (χ2v) is 8.09. The predicted molar refractivity (Wildman–Crippen MR) is 114 cm³/mol. The van der Waals surface area contributed by atoms with Gasteiger partial charge in [0, 0.05) is 18.7 Å². The SMILES string of the molecule is Cc1ccc(-n2nc(-c3ccc(F)cc3)cc2C(=O)N2CC(C)OC(C)C2)c(C)c1. The lowest BCUT2D eigenvalue weighted by molar-refractivity contribution is -0.0588. The number of carbonyl (C=O) groups is 1. The van der Waals surface area contributed by atoms with Crippen molar-refractivity contribution < 1.29 is 13.9 Å². The molecule has 1 aromatic heterocycles. The topological polar surface area (TPSA) is 47.4 Å². The summed E-state index contributed by atoms with van der Waals surface area (Å²) < 4.78 is 20.9. The van der Waals surface area contributed by atoms with E-state index in [-0.39, 0.29) is 23.9 Å². The first-order chi connectivity index (χ1) is 14.3. The normalized spacial score (nSPS) is 19.2. The van der Waals surface area contributed by atoms with Crippen LogP contribution in [-0.4, -0.2) is 45.9 Å². The highest BCUT2D eigenvalue weighted by atomic mass is 19.1. The maximum Gasteiger partial charge on any atom is 0.272 e. The third-order valence-electron chi connectivity index (χ3n) is 5.36. The van der Waals surface area contributed by atoms with E-state index in [0.29, 0.717) is 24.5 Å². The molecular weight excluding hydrogens is 381 g/mol. The first kappa shape index (κ1) is 20.3. The van der Waals surface area contributed by atoms with Gasteiger partial charge < -0.3 is 9.64 Å². The van der Waals surface area contributed by atoms with Crippen molar-refractivity contribution in [1.82, 2.24) is 14.7 Å². The Hall–Kier alpha value is -2.99. The molecule has 0 saturated carbocycles. The third kappa shape index (κ3) is 4.00. The van der Waals surface area contributed by atoms with Crippen LogP contribution in [-0.2, 0) is 4.74 Å². The Balaban J connectivity index is 1.81. The molecule has 0 aliphatic carbocycles. The van der Waals surface area contributed by atoms with Crippen LogP contribution in [0.1, 0.15) is 35.5 Å². The number of rotatable bonds is 3. The summed E-state index contributed by atoms with van der Waals surface area (Å²) >= 11 is 0. The Labute approximate surface area is 176 Å². The van der Waals surface area contributed by atoms with E-state index in [9.17, 15) is 9.18 Å². The quantitative estimate of drug-likeness (QED) is 0.640. The minimum atomic E-state index is -0.305. The van der Waals surface area contributed by atoms with E-state index in [0.717, 1.165) is 22.4 Å². The van der Waals surface area contributed by atoms with E-state index in [1.54, 1.807) is 22.9 Å². The average Bonchev–Trinajstić information content (AvgIpc) is 3.12. The van der Waals surface area contributed by atoms with Crippen molar-refractivity contribution in [2.45, 2.75) is 39.9 Å². The van der Waals surface area contributed by atoms with Crippen LogP contribution in [0.4, 0.5) is 4.39 Å². The molecule has 1 aliphatic heterocycles. The Morgan fingerprint density at radius 2 is 1.70 bits per heavy atom. The van der Waals surface area contributed by atoms with Crippen molar-refractivity contribution in [2.75, 3.05) is 13.1 Å². The Morgan fingerprint density at radius 1 is 1.03 bits per heavy atom. The Morgan fingerprint density at radius 3 is 2.33 bits per heavy atom. The highest BCUT2D eigenvalue weighted by Gasteiger charge is 2.29. The van der Waals surface area contributed by atoms with Gasteiger partial charge in [-0.05, 0) is 69.7 Å². The summed E-state index contributed by atoms with van der Waals surface area (Å²) in [5.74, 6) is -0.391. The number of benzene rings is 2. The molecule has 5 nitrogen and oxygen atoms in total. The van der Waals surface area contributed by atoms with E-state index < -0.39 is 0 Å². The van der Waals surface area contributed by atoms with Crippen molar-refractivity contribution in [3.8, 4) is 16.9 Å². The maximum atomic E-state index is 13.5. The largest absolute Gasteiger partial charge is 0.372 e. The molecule has 3 aromatic rings. The zero-order valence-electron chi connectivity index (χ0n) is 17.7. The Kier molecular flexibility index (Phi) is 5.43. The van der Waals surface area contributed by atoms with Crippen LogP contribution < -0.4 is 0 Å². The van der Waals surface area contributed by atoms with Gasteiger partial charge in [0.1, 0.15) is 11.5 Å². The monoisotopic (exact) mass is 407 g/mol. The molecule has 1 saturated heterocycles. The van der Waals surface area contributed by atoms with Crippen LogP contribution in [0, 0.1) is 19.7 Å². The van der Waals surface area contributed by atoms with Crippen molar-refractivity contribution >= 4 is 5.91 Å². The standard InChI is InChI=1S/C24H26FN3O2/c1-15-5-10-22(16(2)11-15)28-23(24(29)27-13-17(3)30-18(4)14-27)12-21(26-28)19-6-8-20(25)9-7-19/h5-12,17-18H,13-14H2,1-4H3. The highest BCUT2D eigenvalue weighted by molar-refractivity contribution is 5.94. The van der Waals surface area contributed by atoms with Crippen LogP contribution in [0.25, 0.3) is 16.9 Å². The summed E-state index contributed by atoms with van der Waals surface area (Å²) in [6.07, 6.45) is -0.0431. The number of aryl methyl sites for hydroxylation is 2. The summed E-state index contributed by atoms with van der Waals surface area (Å²) in [6.45, 7) is 9.06. The van der Waals surface area contributed by atoms with E-state index in [4.69, 9.17) is 9.84 Å². The van der Waals surface area contributed by atoms with Crippen molar-refractivity contribution in [1.29, 1.82) is 0 Å². The molecule has 30 heavy (non-hydrogen) atoms. The Bertz CT molecular complexity index is 1060. The van der Waals surface area contributed by atoms with E-state index in [1.165, 1.54) is 12.1 Å². The van der Waals surface area contributed by atoms with Gasteiger partial charge in [0.15, 0.2) is 0 Å². The lowest BCUT2D eigenvalue weighted by Gasteiger charge is -2.35. The predicted octanol–water partition coefficient (Wildman–Crippen LogP) is 4.54. The molecule has 2 heterocycles. The van der Waals surface area contributed by atoms with Gasteiger partial charge in [-0.15, -0.1) is 0 Å². The van der Waals surface area contributed by atoms with Gasteiger partial charge in [0.05, 0.1) is 23.6 Å². The fourth-order valence-corrected chi connectivity index (χ4v) is 4.03. The van der Waals surface area contributed by atoms with Crippen LogP contribution in [0.15, 0.2) is 48.5 Å². The number of hydrogen-bond donors (Lipinski definition) is 0. The number of nitrogens with zero attached hydrogens (tertiary/aromatic N) is 3. The molecule has 2 unspecified atom stereocenters. The highest BCUT2D eigenvalue weighted by Crippen LogP contribution is 2.26. The van der Waals surface area contributed by atoms with Crippen molar-refractivity contribution in [3.63, 3.8) is 0 Å². The molecule has 2 aromatic carbocycles. The minimum Gasteiger partial charge on any atom is -0.372 e. The number of ether oxygens (including phenoxy) is 1. The van der Waals surface area contributed by atoms with Gasteiger partial charge in [-0.3, -0.25) is 4.79 Å². The lowest BCUT2D eigenvalue weighted by atomic mass is 10.1. The molecule has 156 valence electrons. The summed E-state index contributed by atoms with van der Waals surface area (Å²) in [4.78, 5) is 15.3. The maximum absolute atomic E-state index is 13.5. The number of morpholine rings is 1. The molecule has 1 fully saturated rings. The van der Waals surface area contributed by atoms with Crippen LogP contribution >= 0.6 is 0 Å². The zero-order chi connectivity index (χ0) is 21.4. The number of carbonyl (C=O) groups excluding carboxylic acids is 1. The molecule has 1 amide bonds. The van der Waals surface area contributed by atoms with E-state index in [1.807, 2.05) is 44.7 Å². The van der Waals surface area contributed by atoms with Gasteiger partial charge >= 0.3 is 0 Å². The number of aromatic nitrogens is 2. The van der Waals surface area contributed by atoms with E-state index >= 15 is 0 Å². The first-order valence-electron chi connectivity index (χ1n) is 10.2. The smallest absolute Gasteiger partial charge is 0.272 e. The van der Waals surface area contributed by atoms with Crippen LogP contribution in [0.3, 0.4) is 0 Å². The zero-order valence-corrected chi connectivity index (χ0v) is 17.7. The summed E-state index contributed by atoms with van der Waals surface area (Å²) in [6, 6.07) is 14.0. The second-order valence-electron chi connectivity index (χ2n) is 8.09. The lowest BCUT2D eigenvalue weighted by Crippen LogP contribution is -2.48. The average molecular weight is 407 g/mol. The van der Waals surface area contributed by atoms with Gasteiger partial charge in [-0.1, -0.05) is 17.7 Å². The molecule has 6 heteroatoms. The fourth-order valence-electron chi connectivity index (χ4n) is 4.03. The summed E-state index contributed by atoms with van der Waals surface area (Å²) in [7, 11) is 0. The van der Waals surface area contributed by atoms with Crippen molar-refractivity contribution in [3.05, 3.63) is 71.2 Å². The second kappa shape index (κ2) is 8.03. The molecule has 0 spiro atoms. The molecule has 1 aliphatic rings. The van der Waals surface area contributed by atoms with Crippen molar-refractivity contribution in [2.24, 2.45) is 0 Å². The molecule has 0 bridgehead atoms. The van der Waals surface area contributed by atoms with E-state index in [2.05, 4.69) is 6.07 Å². The first-order valence-corrected chi connectivity index (χ1v) is 10.2. The number of halogens is 1. The molecule has 0 N–H and O–H groups in total. The summed E-state index contributed by atoms with van der Waals surface area (Å²) in [5, 5.41) is 4.74. The van der Waals surface area contributed by atoms with Gasteiger partial charge in [0.25, 0.3) is 5.91 Å². The molecule has 2 atom stereocenters. The van der Waals surface area contributed by atoms with Crippen LogP contribution in [0.5, 0.6) is 0 Å². The van der Waals surface area contributed by atoms with Gasteiger partial charge in [-0.2, -0.15) is 5.10 Å². The van der Waals surface area contributed by atoms with Gasteiger partial charge in [0.2, 0.25) is 0 Å². The molecule has 4 rings (SSSR count). The molecular formula is C24H26FN3O2. The van der Waals surface area contributed by atoms with Crippen LogP contribution in [0.2, 0.25) is 0 Å². The number of hydrogen-bond acceptors (Lipinski definition) is 3. The minimum absolute atomic E-state index is 0.0215. The van der Waals surface area contributed by atoms with Gasteiger partial charge in [-0.25, -0.2) is 9.07 Å².